The lowest BCUT2D eigenvalue weighted by Crippen LogP contribution is -2.30. The van der Waals surface area contributed by atoms with Crippen LogP contribution >= 0.6 is 51.3 Å². The summed E-state index contributed by atoms with van der Waals surface area (Å²) >= 11 is 20.3. The van der Waals surface area contributed by atoms with Crippen molar-refractivity contribution in [1.82, 2.24) is 5.32 Å². The first-order valence-electron chi connectivity index (χ1n) is 6.39. The number of benzene rings is 2. The summed E-state index contributed by atoms with van der Waals surface area (Å²) in [5, 5.41) is 7.63. The molecule has 0 aromatic heterocycles. The molecule has 0 atom stereocenters. The Balaban J connectivity index is 1.83. The Morgan fingerprint density at radius 1 is 1.14 bits per heavy atom. The van der Waals surface area contributed by atoms with Gasteiger partial charge in [-0.3, -0.25) is 0 Å². The van der Waals surface area contributed by atoms with E-state index in [0.717, 1.165) is 12.0 Å². The molecule has 0 aliphatic heterocycles. The van der Waals surface area contributed by atoms with Crippen LogP contribution in [0.2, 0.25) is 10.0 Å². The van der Waals surface area contributed by atoms with Gasteiger partial charge in [-0.1, -0.05) is 29.3 Å². The maximum atomic E-state index is 13.0. The molecule has 116 valence electrons. The first-order valence-corrected chi connectivity index (χ1v) is 8.35. The van der Waals surface area contributed by atoms with Crippen LogP contribution in [0.1, 0.15) is 5.56 Å². The van der Waals surface area contributed by atoms with Gasteiger partial charge in [0.05, 0.1) is 15.7 Å². The van der Waals surface area contributed by atoms with Crippen LogP contribution in [-0.4, -0.2) is 11.7 Å². The first-order chi connectivity index (χ1) is 10.5. The molecule has 2 aromatic carbocycles. The van der Waals surface area contributed by atoms with Gasteiger partial charge in [-0.05, 0) is 70.5 Å². The van der Waals surface area contributed by atoms with Crippen LogP contribution in [0.5, 0.6) is 0 Å². The van der Waals surface area contributed by atoms with Gasteiger partial charge in [-0.15, -0.1) is 0 Å². The molecule has 2 nitrogen and oxygen atoms in total. The van der Waals surface area contributed by atoms with E-state index in [4.69, 9.17) is 35.4 Å². The van der Waals surface area contributed by atoms with Crippen LogP contribution < -0.4 is 10.6 Å². The van der Waals surface area contributed by atoms with Crippen LogP contribution in [0.25, 0.3) is 0 Å². The molecule has 0 aliphatic rings. The van der Waals surface area contributed by atoms with Crippen LogP contribution in [0.3, 0.4) is 0 Å². The summed E-state index contributed by atoms with van der Waals surface area (Å²) in [6, 6.07) is 9.88. The molecule has 0 spiro atoms. The van der Waals surface area contributed by atoms with Crippen LogP contribution in [-0.2, 0) is 6.42 Å². The average molecular weight is 422 g/mol. The Morgan fingerprint density at radius 2 is 1.91 bits per heavy atom. The molecule has 0 radical (unpaired) electrons. The van der Waals surface area contributed by atoms with Gasteiger partial charge in [0.25, 0.3) is 0 Å². The lowest BCUT2D eigenvalue weighted by molar-refractivity contribution is 0.627. The highest BCUT2D eigenvalue weighted by Crippen LogP contribution is 2.23. The Hall–Kier alpha value is -0.880. The fourth-order valence-electron chi connectivity index (χ4n) is 1.77. The van der Waals surface area contributed by atoms with E-state index in [1.54, 1.807) is 12.1 Å². The summed E-state index contributed by atoms with van der Waals surface area (Å²) in [6.07, 6.45) is 0.753. The lowest BCUT2D eigenvalue weighted by Gasteiger charge is -2.12. The van der Waals surface area contributed by atoms with Crippen molar-refractivity contribution < 1.29 is 4.39 Å². The molecule has 0 bridgehead atoms. The van der Waals surface area contributed by atoms with E-state index in [0.29, 0.717) is 31.9 Å². The van der Waals surface area contributed by atoms with Gasteiger partial charge in [0.1, 0.15) is 5.82 Å². The number of hydrogen-bond acceptors (Lipinski definition) is 1. The average Bonchev–Trinajstić information content (AvgIpc) is 2.46. The summed E-state index contributed by atoms with van der Waals surface area (Å²) in [5.41, 5.74) is 1.76. The highest BCUT2D eigenvalue weighted by molar-refractivity contribution is 9.10. The molecule has 0 amide bonds. The molecule has 2 N–H and O–H groups in total. The van der Waals surface area contributed by atoms with E-state index in [-0.39, 0.29) is 5.82 Å². The standard InChI is InChI=1S/C15H12BrCl2FN2S/c16-11-8-10(19)2-4-14(11)21-15(22)20-6-5-9-1-3-12(17)13(18)7-9/h1-4,7-8H,5-6H2,(H2,20,21,22). The number of rotatable bonds is 4. The SMILES string of the molecule is Fc1ccc(NC(=S)NCCc2ccc(Cl)c(Cl)c2)c(Br)c1. The van der Waals surface area contributed by atoms with Gasteiger partial charge in [0.2, 0.25) is 0 Å². The molecule has 0 saturated carbocycles. The zero-order valence-electron chi connectivity index (χ0n) is 11.3. The number of anilines is 1. The van der Waals surface area contributed by atoms with Gasteiger partial charge in [0, 0.05) is 11.0 Å². The van der Waals surface area contributed by atoms with E-state index in [1.807, 2.05) is 12.1 Å². The summed E-state index contributed by atoms with van der Waals surface area (Å²) in [5.74, 6) is -0.309. The number of halogens is 4. The van der Waals surface area contributed by atoms with Gasteiger partial charge in [-0.25, -0.2) is 4.39 Å². The van der Waals surface area contributed by atoms with Gasteiger partial charge >= 0.3 is 0 Å². The lowest BCUT2D eigenvalue weighted by atomic mass is 10.1. The normalized spacial score (nSPS) is 10.4. The maximum absolute atomic E-state index is 13.0. The van der Waals surface area contributed by atoms with Crippen LogP contribution in [0.15, 0.2) is 40.9 Å². The van der Waals surface area contributed by atoms with Gasteiger partial charge in [0.15, 0.2) is 5.11 Å². The first kappa shape index (κ1) is 17.5. The minimum atomic E-state index is -0.309. The fourth-order valence-corrected chi connectivity index (χ4v) is 2.76. The smallest absolute Gasteiger partial charge is 0.170 e. The predicted molar refractivity (Wildman–Crippen MR) is 98.5 cm³/mol. The topological polar surface area (TPSA) is 24.1 Å². The number of thiocarbonyl (C=S) groups is 1. The van der Waals surface area contributed by atoms with E-state index in [9.17, 15) is 4.39 Å². The molecule has 7 heteroatoms. The fraction of sp³-hybridized carbons (Fsp3) is 0.133. The molecule has 0 unspecified atom stereocenters. The second-order valence-corrected chi connectivity index (χ2v) is 6.58. The van der Waals surface area contributed by atoms with Crippen molar-refractivity contribution in [3.8, 4) is 0 Å². The van der Waals surface area contributed by atoms with Crippen molar-refractivity contribution in [2.75, 3.05) is 11.9 Å². The predicted octanol–water partition coefficient (Wildman–Crippen LogP) is 5.42. The Morgan fingerprint density at radius 3 is 2.59 bits per heavy atom. The van der Waals surface area contributed by atoms with Crippen LogP contribution in [0.4, 0.5) is 10.1 Å². The van der Waals surface area contributed by atoms with Crippen molar-refractivity contribution in [2.45, 2.75) is 6.42 Å². The minimum Gasteiger partial charge on any atom is -0.362 e. The molecule has 0 saturated heterocycles. The van der Waals surface area contributed by atoms with Crippen molar-refractivity contribution in [3.63, 3.8) is 0 Å². The van der Waals surface area contributed by atoms with Crippen LogP contribution in [0, 0.1) is 5.82 Å². The molecule has 2 rings (SSSR count). The molecule has 0 aliphatic carbocycles. The number of hydrogen-bond donors (Lipinski definition) is 2. The molecule has 2 aromatic rings. The van der Waals surface area contributed by atoms with Crippen molar-refractivity contribution >= 4 is 62.1 Å². The molecule has 0 fully saturated rings. The summed E-state index contributed by atoms with van der Waals surface area (Å²) in [7, 11) is 0. The maximum Gasteiger partial charge on any atom is 0.170 e. The number of nitrogens with one attached hydrogen (secondary N) is 2. The summed E-state index contributed by atoms with van der Waals surface area (Å²) in [4.78, 5) is 0. The summed E-state index contributed by atoms with van der Waals surface area (Å²) in [6.45, 7) is 0.641. The Kier molecular flexibility index (Phi) is 6.44. The second-order valence-electron chi connectivity index (χ2n) is 4.50. The van der Waals surface area contributed by atoms with Crippen molar-refractivity contribution in [2.24, 2.45) is 0 Å². The third-order valence-electron chi connectivity index (χ3n) is 2.86. The highest BCUT2D eigenvalue weighted by Gasteiger charge is 2.04. The molecular formula is C15H12BrCl2FN2S. The molecular weight excluding hydrogens is 410 g/mol. The van der Waals surface area contributed by atoms with E-state index in [1.165, 1.54) is 12.1 Å². The Labute approximate surface area is 152 Å². The third kappa shape index (κ3) is 5.09. The molecule has 0 heterocycles. The quantitative estimate of drug-likeness (QED) is 0.644. The van der Waals surface area contributed by atoms with E-state index < -0.39 is 0 Å². The van der Waals surface area contributed by atoms with E-state index >= 15 is 0 Å². The van der Waals surface area contributed by atoms with Crippen molar-refractivity contribution in [3.05, 3.63) is 62.3 Å². The third-order valence-corrected chi connectivity index (χ3v) is 4.50. The van der Waals surface area contributed by atoms with Gasteiger partial charge in [-0.2, -0.15) is 0 Å². The largest absolute Gasteiger partial charge is 0.362 e. The molecule has 22 heavy (non-hydrogen) atoms. The second kappa shape index (κ2) is 8.11. The highest BCUT2D eigenvalue weighted by atomic mass is 79.9. The zero-order valence-corrected chi connectivity index (χ0v) is 15.2. The monoisotopic (exact) mass is 420 g/mol. The van der Waals surface area contributed by atoms with Gasteiger partial charge < -0.3 is 10.6 Å². The zero-order chi connectivity index (χ0) is 16.1. The van der Waals surface area contributed by atoms with E-state index in [2.05, 4.69) is 26.6 Å². The summed E-state index contributed by atoms with van der Waals surface area (Å²) < 4.78 is 13.6. The minimum absolute atomic E-state index is 0.309. The Bertz CT molecular complexity index is 697. The van der Waals surface area contributed by atoms with Crippen molar-refractivity contribution in [1.29, 1.82) is 0 Å².